The highest BCUT2D eigenvalue weighted by atomic mass is 35.5. The summed E-state index contributed by atoms with van der Waals surface area (Å²) in [5.74, 6) is 1.69. The molecule has 0 aliphatic rings. The lowest BCUT2D eigenvalue weighted by Crippen LogP contribution is -2.10. The molecule has 0 amide bonds. The fourth-order valence-electron chi connectivity index (χ4n) is 1.24. The van der Waals surface area contributed by atoms with Gasteiger partial charge in [0.05, 0.1) is 5.56 Å². The van der Waals surface area contributed by atoms with Crippen molar-refractivity contribution in [1.82, 2.24) is 0 Å². The monoisotopic (exact) mass is 232 g/mol. The largest absolute Gasteiger partial charge is 0.416 e. The van der Waals surface area contributed by atoms with Crippen LogP contribution in [0.4, 0.5) is 13.2 Å². The molecule has 0 aromatic heterocycles. The minimum absolute atomic E-state index is 0.0512. The smallest absolute Gasteiger partial charge is 0.166 e. The molecule has 0 radical (unpaired) electrons. The summed E-state index contributed by atoms with van der Waals surface area (Å²) in [6, 6.07) is 3.61. The molecule has 1 aromatic rings. The van der Waals surface area contributed by atoms with Gasteiger partial charge in [-0.25, -0.2) is 0 Å². The first-order chi connectivity index (χ1) is 6.86. The van der Waals surface area contributed by atoms with Crippen LogP contribution >= 0.6 is 11.6 Å². The highest BCUT2D eigenvalue weighted by Gasteiger charge is 2.34. The molecule has 4 heteroatoms. The molecule has 1 aromatic carbocycles. The molecule has 0 aliphatic carbocycles. The third-order valence-corrected chi connectivity index (χ3v) is 2.27. The second kappa shape index (κ2) is 4.16. The maximum atomic E-state index is 12.6. The van der Waals surface area contributed by atoms with Crippen LogP contribution in [0.25, 0.3) is 0 Å². The Morgan fingerprint density at radius 3 is 2.47 bits per heavy atom. The van der Waals surface area contributed by atoms with E-state index in [9.17, 15) is 13.2 Å². The van der Waals surface area contributed by atoms with Gasteiger partial charge in [-0.1, -0.05) is 23.6 Å². The zero-order valence-corrected chi connectivity index (χ0v) is 8.65. The average molecular weight is 233 g/mol. The molecule has 0 saturated carbocycles. The van der Waals surface area contributed by atoms with Gasteiger partial charge in [0.1, 0.15) is 0 Å². The predicted molar refractivity (Wildman–Crippen MR) is 53.7 cm³/mol. The Hall–Kier alpha value is -1.14. The lowest BCUT2D eigenvalue weighted by molar-refractivity contribution is -0.138. The Morgan fingerprint density at radius 1 is 1.40 bits per heavy atom. The first-order valence-corrected chi connectivity index (χ1v) is 4.57. The molecule has 0 spiro atoms. The van der Waals surface area contributed by atoms with E-state index in [0.717, 1.165) is 6.07 Å². The summed E-state index contributed by atoms with van der Waals surface area (Å²) < 4.78 is 37.8. The van der Waals surface area contributed by atoms with Crippen LogP contribution in [0.5, 0.6) is 0 Å². The number of alkyl halides is 3. The number of rotatable bonds is 1. The Morgan fingerprint density at radius 2 is 2.00 bits per heavy atom. The highest BCUT2D eigenvalue weighted by molar-refractivity contribution is 6.30. The Balaban J connectivity index is 3.35. The fraction of sp³-hybridized carbons (Fsp3) is 0.273. The molecule has 15 heavy (non-hydrogen) atoms. The lowest BCUT2D eigenvalue weighted by Gasteiger charge is -2.15. The summed E-state index contributed by atoms with van der Waals surface area (Å²) >= 11 is 5.52. The van der Waals surface area contributed by atoms with Crippen LogP contribution in [0.15, 0.2) is 18.2 Å². The van der Waals surface area contributed by atoms with Gasteiger partial charge in [0.2, 0.25) is 0 Å². The summed E-state index contributed by atoms with van der Waals surface area (Å²) in [5, 5.41) is 0.0512. The van der Waals surface area contributed by atoms with Gasteiger partial charge in [-0.05, 0) is 24.6 Å². The SMILES string of the molecule is C#CC(C)c1ccc(Cl)cc1C(F)(F)F. The van der Waals surface area contributed by atoms with E-state index in [-0.39, 0.29) is 10.6 Å². The first-order valence-electron chi connectivity index (χ1n) is 4.19. The number of hydrogen-bond acceptors (Lipinski definition) is 0. The maximum absolute atomic E-state index is 12.6. The van der Waals surface area contributed by atoms with Crippen LogP contribution in [-0.4, -0.2) is 0 Å². The maximum Gasteiger partial charge on any atom is 0.416 e. The fourth-order valence-corrected chi connectivity index (χ4v) is 1.41. The van der Waals surface area contributed by atoms with E-state index in [4.69, 9.17) is 18.0 Å². The Bertz CT molecular complexity index is 401. The molecule has 0 aliphatic heterocycles. The molecule has 80 valence electrons. The van der Waals surface area contributed by atoms with Crippen LogP contribution in [0, 0.1) is 12.3 Å². The van der Waals surface area contributed by atoms with Crippen molar-refractivity contribution in [3.63, 3.8) is 0 Å². The van der Waals surface area contributed by atoms with Crippen LogP contribution in [-0.2, 0) is 6.18 Å². The van der Waals surface area contributed by atoms with E-state index in [1.165, 1.54) is 12.1 Å². The quantitative estimate of drug-likeness (QED) is 0.640. The van der Waals surface area contributed by atoms with Gasteiger partial charge in [0, 0.05) is 10.9 Å². The summed E-state index contributed by atoms with van der Waals surface area (Å²) in [5.41, 5.74) is -0.685. The normalized spacial score (nSPS) is 13.3. The number of halogens is 4. The van der Waals surface area contributed by atoms with E-state index in [2.05, 4.69) is 5.92 Å². The number of hydrogen-bond donors (Lipinski definition) is 0. The molecule has 1 atom stereocenters. The molecule has 0 heterocycles. The molecule has 0 bridgehead atoms. The van der Waals surface area contributed by atoms with Gasteiger partial charge >= 0.3 is 6.18 Å². The number of terminal acetylenes is 1. The van der Waals surface area contributed by atoms with Crippen LogP contribution in [0.2, 0.25) is 5.02 Å². The third kappa shape index (κ3) is 2.66. The van der Waals surface area contributed by atoms with Crippen molar-refractivity contribution in [2.45, 2.75) is 19.0 Å². The molecule has 0 nitrogen and oxygen atoms in total. The zero-order valence-electron chi connectivity index (χ0n) is 7.90. The first kappa shape index (κ1) is 11.9. The van der Waals surface area contributed by atoms with E-state index >= 15 is 0 Å². The molecule has 0 N–H and O–H groups in total. The molecule has 1 unspecified atom stereocenters. The zero-order chi connectivity index (χ0) is 11.6. The lowest BCUT2D eigenvalue weighted by atomic mass is 9.96. The average Bonchev–Trinajstić information content (AvgIpc) is 2.15. The summed E-state index contributed by atoms with van der Waals surface area (Å²) in [7, 11) is 0. The van der Waals surface area contributed by atoms with E-state index in [1.54, 1.807) is 6.92 Å². The Labute approximate surface area is 91.1 Å². The minimum atomic E-state index is -4.43. The van der Waals surface area contributed by atoms with Gasteiger partial charge in [-0.3, -0.25) is 0 Å². The van der Waals surface area contributed by atoms with Crippen molar-refractivity contribution in [1.29, 1.82) is 0 Å². The topological polar surface area (TPSA) is 0 Å². The minimum Gasteiger partial charge on any atom is -0.166 e. The van der Waals surface area contributed by atoms with Crippen LogP contribution in [0.1, 0.15) is 24.0 Å². The molecule has 1 rings (SSSR count). The van der Waals surface area contributed by atoms with Gasteiger partial charge < -0.3 is 0 Å². The van der Waals surface area contributed by atoms with Crippen molar-refractivity contribution in [2.24, 2.45) is 0 Å². The van der Waals surface area contributed by atoms with Crippen molar-refractivity contribution in [2.75, 3.05) is 0 Å². The number of benzene rings is 1. The predicted octanol–water partition coefficient (Wildman–Crippen LogP) is 4.10. The second-order valence-electron chi connectivity index (χ2n) is 3.12. The van der Waals surface area contributed by atoms with Crippen molar-refractivity contribution in [3.05, 3.63) is 34.3 Å². The molecular weight excluding hydrogens is 225 g/mol. The Kier molecular flexibility index (Phi) is 3.31. The highest BCUT2D eigenvalue weighted by Crippen LogP contribution is 2.36. The second-order valence-corrected chi connectivity index (χ2v) is 3.55. The molecule has 0 fully saturated rings. The van der Waals surface area contributed by atoms with Gasteiger partial charge in [0.25, 0.3) is 0 Å². The summed E-state index contributed by atoms with van der Waals surface area (Å²) in [6.07, 6.45) is 0.679. The van der Waals surface area contributed by atoms with Crippen molar-refractivity contribution < 1.29 is 13.2 Å². The van der Waals surface area contributed by atoms with E-state index < -0.39 is 17.7 Å². The van der Waals surface area contributed by atoms with Gasteiger partial charge in [-0.2, -0.15) is 13.2 Å². The van der Waals surface area contributed by atoms with Crippen LogP contribution < -0.4 is 0 Å². The standard InChI is InChI=1S/C11H8ClF3/c1-3-7(2)9-5-4-8(12)6-10(9)11(13,14)15/h1,4-7H,2H3. The molecular formula is C11H8ClF3. The van der Waals surface area contributed by atoms with Crippen LogP contribution in [0.3, 0.4) is 0 Å². The van der Waals surface area contributed by atoms with Crippen molar-refractivity contribution in [3.8, 4) is 12.3 Å². The van der Waals surface area contributed by atoms with Crippen molar-refractivity contribution >= 4 is 11.6 Å². The summed E-state index contributed by atoms with van der Waals surface area (Å²) in [6.45, 7) is 1.54. The summed E-state index contributed by atoms with van der Waals surface area (Å²) in [4.78, 5) is 0. The van der Waals surface area contributed by atoms with E-state index in [0.29, 0.717) is 0 Å². The van der Waals surface area contributed by atoms with Gasteiger partial charge in [-0.15, -0.1) is 6.42 Å². The van der Waals surface area contributed by atoms with Gasteiger partial charge in [0.15, 0.2) is 0 Å². The van der Waals surface area contributed by atoms with E-state index in [1.807, 2.05) is 0 Å². The third-order valence-electron chi connectivity index (χ3n) is 2.04. The molecule has 0 saturated heterocycles.